The second kappa shape index (κ2) is 4.46. The lowest BCUT2D eigenvalue weighted by Crippen LogP contribution is -2.36. The van der Waals surface area contributed by atoms with Crippen molar-refractivity contribution in [3.05, 3.63) is 50.1 Å². The molecule has 0 fully saturated rings. The van der Waals surface area contributed by atoms with Gasteiger partial charge in [0.1, 0.15) is 0 Å². The van der Waals surface area contributed by atoms with Crippen molar-refractivity contribution in [2.24, 2.45) is 0 Å². The number of alkyl halides is 1. The first-order valence-electron chi connectivity index (χ1n) is 4.39. The Labute approximate surface area is 100 Å². The molecule has 0 bridgehead atoms. The van der Waals surface area contributed by atoms with Crippen molar-refractivity contribution >= 4 is 23.1 Å². The number of halogens is 1. The number of nitro groups is 2. The Morgan fingerprint density at radius 3 is 2.00 bits per heavy atom. The summed E-state index contributed by atoms with van der Waals surface area (Å²) in [6.45, 7) is 0.983. The van der Waals surface area contributed by atoms with Gasteiger partial charge in [0.05, 0.1) is 15.4 Å². The van der Waals surface area contributed by atoms with Crippen molar-refractivity contribution in [3.8, 4) is 0 Å². The average Bonchev–Trinajstić information content (AvgIpc) is 2.27. The van der Waals surface area contributed by atoms with E-state index in [1.165, 1.54) is 0 Å². The predicted molar refractivity (Wildman–Crippen MR) is 58.3 cm³/mol. The Morgan fingerprint density at radius 1 is 1.24 bits per heavy atom. The SMILES string of the molecule is CC(=O)C(Cl)(c1ccc([N+](=O)[O-])cc1)[N+](=O)[O-]. The first kappa shape index (κ1) is 13.0. The summed E-state index contributed by atoms with van der Waals surface area (Å²) < 4.78 is 0. The Bertz CT molecular complexity index is 471. The number of nitro benzene ring substituents is 1. The molecule has 0 aliphatic rings. The molecule has 0 aromatic heterocycles. The molecule has 7 nitrogen and oxygen atoms in total. The van der Waals surface area contributed by atoms with Gasteiger partial charge in [0, 0.05) is 19.1 Å². The van der Waals surface area contributed by atoms with Crippen LogP contribution < -0.4 is 0 Å². The largest absolute Gasteiger partial charge is 0.377 e. The molecular formula is C9H7ClN2O5. The molecule has 1 rings (SSSR count). The minimum Gasteiger partial charge on any atom is -0.290 e. The summed E-state index contributed by atoms with van der Waals surface area (Å²) in [6.07, 6.45) is 0. The van der Waals surface area contributed by atoms with Crippen LogP contribution in [0.25, 0.3) is 0 Å². The average molecular weight is 259 g/mol. The molecule has 0 saturated heterocycles. The number of Topliss-reactive ketones (excluding diaryl/α,β-unsaturated/α-hetero) is 1. The fourth-order valence-corrected chi connectivity index (χ4v) is 1.37. The zero-order valence-corrected chi connectivity index (χ0v) is 9.38. The molecule has 8 heteroatoms. The van der Waals surface area contributed by atoms with Crippen molar-refractivity contribution in [1.29, 1.82) is 0 Å². The summed E-state index contributed by atoms with van der Waals surface area (Å²) in [7, 11) is 0. The maximum atomic E-state index is 11.2. The van der Waals surface area contributed by atoms with Gasteiger partial charge < -0.3 is 0 Å². The van der Waals surface area contributed by atoms with E-state index < -0.39 is 20.6 Å². The van der Waals surface area contributed by atoms with Gasteiger partial charge in [-0.1, -0.05) is 0 Å². The van der Waals surface area contributed by atoms with Gasteiger partial charge in [-0.3, -0.25) is 25.0 Å². The Morgan fingerprint density at radius 2 is 1.71 bits per heavy atom. The monoisotopic (exact) mass is 258 g/mol. The van der Waals surface area contributed by atoms with E-state index in [1.54, 1.807) is 0 Å². The Balaban J connectivity index is 3.27. The molecule has 0 amide bonds. The molecule has 0 spiro atoms. The van der Waals surface area contributed by atoms with Crippen LogP contribution in [0.4, 0.5) is 5.69 Å². The number of hydrogen-bond donors (Lipinski definition) is 0. The lowest BCUT2D eigenvalue weighted by atomic mass is 10.0. The Hall–Kier alpha value is -2.02. The molecule has 1 aromatic carbocycles. The molecule has 1 atom stereocenters. The molecule has 0 saturated carbocycles. The third kappa shape index (κ3) is 2.23. The van der Waals surface area contributed by atoms with Crippen LogP contribution in [0.1, 0.15) is 12.5 Å². The maximum Gasteiger partial charge on any atom is 0.377 e. The normalized spacial score (nSPS) is 13.8. The molecule has 0 radical (unpaired) electrons. The van der Waals surface area contributed by atoms with Gasteiger partial charge in [-0.15, -0.1) is 0 Å². The second-order valence-corrected chi connectivity index (χ2v) is 3.79. The fourth-order valence-electron chi connectivity index (χ4n) is 1.24. The van der Waals surface area contributed by atoms with Gasteiger partial charge in [-0.2, -0.15) is 0 Å². The highest BCUT2D eigenvalue weighted by Gasteiger charge is 2.48. The molecule has 1 unspecified atom stereocenters. The van der Waals surface area contributed by atoms with E-state index in [-0.39, 0.29) is 11.3 Å². The number of nitrogens with zero attached hydrogens (tertiary/aromatic N) is 2. The second-order valence-electron chi connectivity index (χ2n) is 3.24. The smallest absolute Gasteiger partial charge is 0.290 e. The lowest BCUT2D eigenvalue weighted by molar-refractivity contribution is -0.532. The third-order valence-electron chi connectivity index (χ3n) is 2.18. The topological polar surface area (TPSA) is 103 Å². The van der Waals surface area contributed by atoms with Crippen LogP contribution in [0.5, 0.6) is 0 Å². The highest BCUT2D eigenvalue weighted by atomic mass is 35.5. The van der Waals surface area contributed by atoms with Crippen LogP contribution in [0, 0.1) is 20.2 Å². The number of benzene rings is 1. The summed E-state index contributed by atoms with van der Waals surface area (Å²) in [5.74, 6) is -0.863. The fraction of sp³-hybridized carbons (Fsp3) is 0.222. The molecular weight excluding hydrogens is 252 g/mol. The molecule has 0 aliphatic carbocycles. The first-order valence-corrected chi connectivity index (χ1v) is 4.77. The van der Waals surface area contributed by atoms with Gasteiger partial charge in [0.15, 0.2) is 0 Å². The molecule has 90 valence electrons. The summed E-state index contributed by atoms with van der Waals surface area (Å²) in [4.78, 5) is 28.4. The number of carbonyl (C=O) groups excluding carboxylic acids is 1. The van der Waals surface area contributed by atoms with Gasteiger partial charge >= 0.3 is 5.00 Å². The van der Waals surface area contributed by atoms with Crippen LogP contribution in [-0.4, -0.2) is 15.6 Å². The van der Waals surface area contributed by atoms with E-state index in [2.05, 4.69) is 0 Å². The van der Waals surface area contributed by atoms with E-state index in [0.29, 0.717) is 0 Å². The van der Waals surface area contributed by atoms with Gasteiger partial charge in [-0.25, -0.2) is 0 Å². The first-order chi connectivity index (χ1) is 7.80. The van der Waals surface area contributed by atoms with Gasteiger partial charge in [0.25, 0.3) is 5.69 Å². The van der Waals surface area contributed by atoms with Crippen LogP contribution in [0.15, 0.2) is 24.3 Å². The van der Waals surface area contributed by atoms with Gasteiger partial charge in [-0.05, 0) is 23.7 Å². The standard InChI is InChI=1S/C9H7ClN2O5/c1-6(13)9(10,12(16)17)7-2-4-8(5-3-7)11(14)15/h2-5H,1H3. The van der Waals surface area contributed by atoms with Crippen molar-refractivity contribution < 1.29 is 14.6 Å². The molecule has 17 heavy (non-hydrogen) atoms. The van der Waals surface area contributed by atoms with E-state index in [4.69, 9.17) is 11.6 Å². The number of carbonyl (C=O) groups is 1. The zero-order chi connectivity index (χ0) is 13.2. The molecule has 0 N–H and O–H groups in total. The predicted octanol–water partition coefficient (Wildman–Crippen LogP) is 1.85. The highest BCUT2D eigenvalue weighted by Crippen LogP contribution is 2.31. The van der Waals surface area contributed by atoms with Crippen molar-refractivity contribution in [2.75, 3.05) is 0 Å². The summed E-state index contributed by atoms with van der Waals surface area (Å²) >= 11 is 5.65. The van der Waals surface area contributed by atoms with Crippen molar-refractivity contribution in [1.82, 2.24) is 0 Å². The van der Waals surface area contributed by atoms with E-state index in [1.807, 2.05) is 0 Å². The minimum atomic E-state index is -2.39. The summed E-state index contributed by atoms with van der Waals surface area (Å²) in [5.41, 5.74) is -0.345. The Kier molecular flexibility index (Phi) is 3.42. The lowest BCUT2D eigenvalue weighted by Gasteiger charge is -2.14. The van der Waals surface area contributed by atoms with Crippen LogP contribution in [-0.2, 0) is 9.79 Å². The molecule has 0 aliphatic heterocycles. The summed E-state index contributed by atoms with van der Waals surface area (Å²) in [6, 6.07) is 4.29. The van der Waals surface area contributed by atoms with Crippen molar-refractivity contribution in [3.63, 3.8) is 0 Å². The number of hydrogen-bond acceptors (Lipinski definition) is 5. The van der Waals surface area contributed by atoms with E-state index in [0.717, 1.165) is 31.2 Å². The van der Waals surface area contributed by atoms with Gasteiger partial charge in [0.2, 0.25) is 5.78 Å². The quantitative estimate of drug-likeness (QED) is 0.355. The molecule has 1 aromatic rings. The van der Waals surface area contributed by atoms with Crippen molar-refractivity contribution in [2.45, 2.75) is 11.9 Å². The van der Waals surface area contributed by atoms with E-state index in [9.17, 15) is 25.0 Å². The summed E-state index contributed by atoms with van der Waals surface area (Å²) in [5, 5.41) is 21.2. The number of rotatable bonds is 4. The van der Waals surface area contributed by atoms with E-state index >= 15 is 0 Å². The number of non-ortho nitro benzene ring substituents is 1. The zero-order valence-electron chi connectivity index (χ0n) is 8.62. The van der Waals surface area contributed by atoms with Crippen LogP contribution >= 0.6 is 11.6 Å². The number of ketones is 1. The maximum absolute atomic E-state index is 11.2. The third-order valence-corrected chi connectivity index (χ3v) is 2.80. The minimum absolute atomic E-state index is 0.109. The highest BCUT2D eigenvalue weighted by molar-refractivity contribution is 6.33. The van der Waals surface area contributed by atoms with Crippen LogP contribution in [0.3, 0.4) is 0 Å². The van der Waals surface area contributed by atoms with Crippen LogP contribution in [0.2, 0.25) is 0 Å². The molecule has 0 heterocycles.